The van der Waals surface area contributed by atoms with E-state index >= 15 is 0 Å². The molecule has 1 aromatic heterocycles. The molecule has 2 heterocycles. The lowest BCUT2D eigenvalue weighted by molar-refractivity contribution is 0.205. The van der Waals surface area contributed by atoms with E-state index in [1.807, 2.05) is 48.5 Å². The minimum Gasteiger partial charge on any atom is -0.384 e. The molecule has 2 atom stereocenters. The zero-order chi connectivity index (χ0) is 19.7. The fourth-order valence-corrected chi connectivity index (χ4v) is 3.69. The number of benzene rings is 2. The number of halogens is 2. The van der Waals surface area contributed by atoms with Crippen molar-refractivity contribution in [3.8, 4) is 0 Å². The highest BCUT2D eigenvalue weighted by atomic mass is 35.5. The van der Waals surface area contributed by atoms with Crippen LogP contribution in [0, 0.1) is 5.82 Å². The molecule has 2 N–H and O–H groups in total. The van der Waals surface area contributed by atoms with Gasteiger partial charge in [-0.25, -0.2) is 9.82 Å². The van der Waals surface area contributed by atoms with Crippen molar-refractivity contribution in [3.05, 3.63) is 106 Å². The number of pyridine rings is 1. The van der Waals surface area contributed by atoms with Crippen LogP contribution in [0.1, 0.15) is 28.8 Å². The van der Waals surface area contributed by atoms with E-state index in [4.69, 9.17) is 11.6 Å². The lowest BCUT2D eigenvalue weighted by Crippen LogP contribution is -2.29. The van der Waals surface area contributed by atoms with E-state index in [9.17, 15) is 9.50 Å². The summed E-state index contributed by atoms with van der Waals surface area (Å²) in [6.07, 6.45) is 2.39. The van der Waals surface area contributed by atoms with Crippen molar-refractivity contribution < 1.29 is 9.50 Å². The van der Waals surface area contributed by atoms with Crippen LogP contribution in [-0.4, -0.2) is 22.1 Å². The highest BCUT2D eigenvalue weighted by molar-refractivity contribution is 6.30. The second kappa shape index (κ2) is 7.72. The molecule has 1 aliphatic rings. The maximum Gasteiger partial charge on any atom is 0.123 e. The maximum absolute atomic E-state index is 13.9. The van der Waals surface area contributed by atoms with Crippen molar-refractivity contribution in [2.45, 2.75) is 12.1 Å². The van der Waals surface area contributed by atoms with Gasteiger partial charge in [0, 0.05) is 41.2 Å². The van der Waals surface area contributed by atoms with Crippen LogP contribution < -0.4 is 5.43 Å². The summed E-state index contributed by atoms with van der Waals surface area (Å²) in [4.78, 5) is 4.12. The van der Waals surface area contributed by atoms with Crippen molar-refractivity contribution >= 4 is 17.3 Å². The number of aromatic nitrogens is 1. The molecule has 0 aliphatic carbocycles. The third-order valence-electron chi connectivity index (χ3n) is 4.84. The molecule has 0 spiro atoms. The van der Waals surface area contributed by atoms with E-state index in [1.165, 1.54) is 12.1 Å². The average molecular weight is 396 g/mol. The monoisotopic (exact) mass is 395 g/mol. The standard InChI is InChI=1S/C22H19ClFN3O/c1-27-21(15-4-2-6-18(24)12-15)19(22(28)16-5-3-11-25-13-16)20(26-27)14-7-9-17(23)10-8-14/h2-13,20,22,26,28H,1H3. The Morgan fingerprint density at radius 3 is 2.61 bits per heavy atom. The van der Waals surface area contributed by atoms with Gasteiger partial charge in [-0.15, -0.1) is 0 Å². The zero-order valence-corrected chi connectivity index (χ0v) is 15.9. The van der Waals surface area contributed by atoms with Crippen molar-refractivity contribution in [2.24, 2.45) is 0 Å². The second-order valence-electron chi connectivity index (χ2n) is 6.68. The van der Waals surface area contributed by atoms with E-state index in [-0.39, 0.29) is 11.9 Å². The molecule has 0 saturated heterocycles. The first-order valence-corrected chi connectivity index (χ1v) is 9.26. The van der Waals surface area contributed by atoms with Gasteiger partial charge in [0.1, 0.15) is 11.9 Å². The Labute approximate surface area is 167 Å². The first-order chi connectivity index (χ1) is 13.5. The zero-order valence-electron chi connectivity index (χ0n) is 15.2. The summed E-state index contributed by atoms with van der Waals surface area (Å²) in [5, 5.41) is 13.7. The van der Waals surface area contributed by atoms with Gasteiger partial charge in [0.2, 0.25) is 0 Å². The number of rotatable bonds is 4. The third-order valence-corrected chi connectivity index (χ3v) is 5.09. The summed E-state index contributed by atoms with van der Waals surface area (Å²) in [5.74, 6) is -0.330. The predicted molar refractivity (Wildman–Crippen MR) is 108 cm³/mol. The second-order valence-corrected chi connectivity index (χ2v) is 7.11. The van der Waals surface area contributed by atoms with Crippen LogP contribution in [0.5, 0.6) is 0 Å². The van der Waals surface area contributed by atoms with Crippen molar-refractivity contribution in [3.63, 3.8) is 0 Å². The molecular formula is C22H19ClFN3O. The topological polar surface area (TPSA) is 48.4 Å². The summed E-state index contributed by atoms with van der Waals surface area (Å²) < 4.78 is 13.9. The molecular weight excluding hydrogens is 377 g/mol. The highest BCUT2D eigenvalue weighted by Crippen LogP contribution is 2.43. The van der Waals surface area contributed by atoms with Crippen LogP contribution >= 0.6 is 11.6 Å². The van der Waals surface area contributed by atoms with E-state index in [0.717, 1.165) is 16.8 Å². The Bertz CT molecular complexity index is 1010. The Hall–Kier alpha value is -2.73. The normalized spacial score (nSPS) is 17.9. The lowest BCUT2D eigenvalue weighted by Gasteiger charge is -2.20. The summed E-state index contributed by atoms with van der Waals surface area (Å²) >= 11 is 6.04. The summed E-state index contributed by atoms with van der Waals surface area (Å²) in [6.45, 7) is 0. The van der Waals surface area contributed by atoms with Gasteiger partial charge in [-0.05, 0) is 35.9 Å². The van der Waals surface area contributed by atoms with Gasteiger partial charge in [0.15, 0.2) is 0 Å². The van der Waals surface area contributed by atoms with Gasteiger partial charge in [-0.3, -0.25) is 4.98 Å². The van der Waals surface area contributed by atoms with Crippen LogP contribution in [-0.2, 0) is 0 Å². The molecule has 2 aromatic carbocycles. The summed E-state index contributed by atoms with van der Waals surface area (Å²) in [6, 6.07) is 17.1. The first-order valence-electron chi connectivity index (χ1n) is 8.88. The molecule has 2 unspecified atom stereocenters. The van der Waals surface area contributed by atoms with Crippen LogP contribution in [0.25, 0.3) is 5.70 Å². The lowest BCUT2D eigenvalue weighted by atomic mass is 9.90. The van der Waals surface area contributed by atoms with Gasteiger partial charge in [0.25, 0.3) is 0 Å². The van der Waals surface area contributed by atoms with Crippen LogP contribution in [0.2, 0.25) is 5.02 Å². The molecule has 0 saturated carbocycles. The number of nitrogens with zero attached hydrogens (tertiary/aromatic N) is 2. The number of hydrogen-bond acceptors (Lipinski definition) is 4. The maximum atomic E-state index is 13.9. The Morgan fingerprint density at radius 2 is 1.93 bits per heavy atom. The van der Waals surface area contributed by atoms with Gasteiger partial charge >= 0.3 is 0 Å². The van der Waals surface area contributed by atoms with Crippen LogP contribution in [0.4, 0.5) is 4.39 Å². The van der Waals surface area contributed by atoms with Crippen LogP contribution in [0.3, 0.4) is 0 Å². The number of hydrazine groups is 1. The van der Waals surface area contributed by atoms with Crippen molar-refractivity contribution in [1.29, 1.82) is 0 Å². The molecule has 28 heavy (non-hydrogen) atoms. The van der Waals surface area contributed by atoms with Crippen molar-refractivity contribution in [1.82, 2.24) is 15.4 Å². The molecule has 0 radical (unpaired) electrons. The Kier molecular flexibility index (Phi) is 5.13. The van der Waals surface area contributed by atoms with Gasteiger partial charge in [0.05, 0.1) is 11.7 Å². The minimum absolute atomic E-state index is 0.296. The van der Waals surface area contributed by atoms with Gasteiger partial charge in [-0.2, -0.15) is 0 Å². The molecule has 0 bridgehead atoms. The number of hydrogen-bond donors (Lipinski definition) is 2. The molecule has 1 aliphatic heterocycles. The molecule has 142 valence electrons. The first kappa shape index (κ1) is 18.6. The van der Waals surface area contributed by atoms with E-state index < -0.39 is 6.10 Å². The molecule has 3 aromatic rings. The Morgan fingerprint density at radius 1 is 1.14 bits per heavy atom. The molecule has 6 heteroatoms. The average Bonchev–Trinajstić information content (AvgIpc) is 3.05. The van der Waals surface area contributed by atoms with Crippen LogP contribution in [0.15, 0.2) is 78.6 Å². The smallest absolute Gasteiger partial charge is 0.123 e. The van der Waals surface area contributed by atoms with E-state index in [2.05, 4.69) is 10.4 Å². The fourth-order valence-electron chi connectivity index (χ4n) is 3.57. The SMILES string of the molecule is CN1NC(c2ccc(Cl)cc2)C(C(O)c2cccnc2)=C1c1cccc(F)c1. The van der Waals surface area contributed by atoms with E-state index in [1.54, 1.807) is 24.5 Å². The number of aliphatic hydroxyl groups is 1. The van der Waals surface area contributed by atoms with E-state index in [0.29, 0.717) is 16.1 Å². The quantitative estimate of drug-likeness (QED) is 0.682. The predicted octanol–water partition coefficient (Wildman–Crippen LogP) is 4.51. The number of aliphatic hydroxyl groups excluding tert-OH is 1. The largest absolute Gasteiger partial charge is 0.384 e. The minimum atomic E-state index is -0.912. The number of nitrogens with one attached hydrogen (secondary N) is 1. The summed E-state index contributed by atoms with van der Waals surface area (Å²) in [7, 11) is 1.85. The molecule has 0 fully saturated rings. The Balaban J connectivity index is 1.89. The van der Waals surface area contributed by atoms with Crippen molar-refractivity contribution in [2.75, 3.05) is 7.05 Å². The summed E-state index contributed by atoms with van der Waals surface area (Å²) in [5.41, 5.74) is 7.13. The third kappa shape index (κ3) is 3.52. The molecule has 4 rings (SSSR count). The molecule has 0 amide bonds. The van der Waals surface area contributed by atoms with Gasteiger partial charge < -0.3 is 10.1 Å². The van der Waals surface area contributed by atoms with Gasteiger partial charge in [-0.1, -0.05) is 41.9 Å². The highest BCUT2D eigenvalue weighted by Gasteiger charge is 2.36. The fraction of sp³-hybridized carbons (Fsp3) is 0.136. The molecule has 4 nitrogen and oxygen atoms in total.